The number of likely N-dealkylation sites (tertiary alicyclic amines) is 1. The molecule has 0 aliphatic carbocycles. The molecular formula is C22H24FN3O3. The topological polar surface area (TPSA) is 78.5 Å². The third-order valence-corrected chi connectivity index (χ3v) is 4.73. The van der Waals surface area contributed by atoms with Gasteiger partial charge in [-0.1, -0.05) is 18.2 Å². The first-order valence-corrected chi connectivity index (χ1v) is 9.64. The summed E-state index contributed by atoms with van der Waals surface area (Å²) < 4.78 is 13.8. The number of carbonyl (C=O) groups excluding carboxylic acids is 3. The third-order valence-electron chi connectivity index (χ3n) is 4.73. The van der Waals surface area contributed by atoms with Gasteiger partial charge < -0.3 is 15.5 Å². The summed E-state index contributed by atoms with van der Waals surface area (Å²) in [7, 11) is 0. The second-order valence-corrected chi connectivity index (χ2v) is 7.33. The number of carbonyl (C=O) groups is 3. The van der Waals surface area contributed by atoms with Crippen molar-refractivity contribution in [2.24, 2.45) is 0 Å². The van der Waals surface area contributed by atoms with Gasteiger partial charge in [0.2, 0.25) is 5.91 Å². The van der Waals surface area contributed by atoms with Crippen molar-refractivity contribution in [3.05, 3.63) is 65.5 Å². The first kappa shape index (κ1) is 20.5. The number of hydrogen-bond acceptors (Lipinski definition) is 3. The van der Waals surface area contributed by atoms with Crippen LogP contribution in [-0.2, 0) is 4.79 Å². The van der Waals surface area contributed by atoms with E-state index < -0.39 is 17.8 Å². The number of benzene rings is 2. The molecule has 1 atom stereocenters. The van der Waals surface area contributed by atoms with Crippen molar-refractivity contribution < 1.29 is 18.8 Å². The minimum atomic E-state index is -0.617. The molecule has 3 amide bonds. The van der Waals surface area contributed by atoms with E-state index in [2.05, 4.69) is 10.6 Å². The Hall–Kier alpha value is -3.22. The molecule has 1 heterocycles. The summed E-state index contributed by atoms with van der Waals surface area (Å²) in [6.45, 7) is 4.25. The van der Waals surface area contributed by atoms with Crippen LogP contribution in [0.1, 0.15) is 47.4 Å². The maximum atomic E-state index is 13.8. The number of halogens is 1. The SMILES string of the molecule is CC(C)NC(=O)C1CCCN1C(=O)c1cccc(NC(=O)c2ccccc2F)c1. The van der Waals surface area contributed by atoms with E-state index in [1.807, 2.05) is 13.8 Å². The minimum Gasteiger partial charge on any atom is -0.352 e. The number of rotatable bonds is 5. The van der Waals surface area contributed by atoms with Crippen LogP contribution in [0.25, 0.3) is 0 Å². The van der Waals surface area contributed by atoms with Crippen LogP contribution in [0.5, 0.6) is 0 Å². The Morgan fingerprint density at radius 1 is 1.10 bits per heavy atom. The van der Waals surface area contributed by atoms with E-state index in [-0.39, 0.29) is 23.4 Å². The maximum absolute atomic E-state index is 13.8. The first-order chi connectivity index (χ1) is 13.9. The van der Waals surface area contributed by atoms with Crippen molar-refractivity contribution >= 4 is 23.4 Å². The standard InChI is InChI=1S/C22H24FN3O3/c1-14(2)24-21(28)19-11-6-12-26(19)22(29)15-7-5-8-16(13-15)25-20(27)17-9-3-4-10-18(17)23/h3-5,7-10,13-14,19H,6,11-12H2,1-2H3,(H,24,28)(H,25,27). The molecule has 1 unspecified atom stereocenters. The van der Waals surface area contributed by atoms with E-state index in [4.69, 9.17) is 0 Å². The Morgan fingerprint density at radius 3 is 2.59 bits per heavy atom. The van der Waals surface area contributed by atoms with E-state index in [9.17, 15) is 18.8 Å². The molecule has 0 saturated carbocycles. The molecule has 2 aromatic carbocycles. The Morgan fingerprint density at radius 2 is 1.86 bits per heavy atom. The molecule has 1 aliphatic rings. The van der Waals surface area contributed by atoms with Crippen LogP contribution in [0, 0.1) is 5.82 Å². The van der Waals surface area contributed by atoms with Gasteiger partial charge in [-0.3, -0.25) is 14.4 Å². The highest BCUT2D eigenvalue weighted by Crippen LogP contribution is 2.22. The van der Waals surface area contributed by atoms with Gasteiger partial charge in [0.1, 0.15) is 11.9 Å². The maximum Gasteiger partial charge on any atom is 0.258 e. The third kappa shape index (κ3) is 4.80. The summed E-state index contributed by atoms with van der Waals surface area (Å²) in [5, 5.41) is 5.47. The van der Waals surface area contributed by atoms with E-state index >= 15 is 0 Å². The van der Waals surface area contributed by atoms with Gasteiger partial charge in [0.25, 0.3) is 11.8 Å². The molecule has 29 heavy (non-hydrogen) atoms. The smallest absolute Gasteiger partial charge is 0.258 e. The molecule has 152 valence electrons. The van der Waals surface area contributed by atoms with Crippen LogP contribution in [0.3, 0.4) is 0 Å². The highest BCUT2D eigenvalue weighted by atomic mass is 19.1. The molecule has 2 aromatic rings. The average Bonchev–Trinajstić information content (AvgIpc) is 3.17. The summed E-state index contributed by atoms with van der Waals surface area (Å²) in [6, 6.07) is 11.6. The number of amides is 3. The van der Waals surface area contributed by atoms with Gasteiger partial charge in [0, 0.05) is 23.8 Å². The lowest BCUT2D eigenvalue weighted by molar-refractivity contribution is -0.125. The Bertz CT molecular complexity index is 929. The fraction of sp³-hybridized carbons (Fsp3) is 0.318. The van der Waals surface area contributed by atoms with E-state index in [0.717, 1.165) is 6.42 Å². The quantitative estimate of drug-likeness (QED) is 0.813. The largest absolute Gasteiger partial charge is 0.352 e. The lowest BCUT2D eigenvalue weighted by atomic mass is 10.1. The Kier molecular flexibility index (Phi) is 6.26. The fourth-order valence-electron chi connectivity index (χ4n) is 3.40. The minimum absolute atomic E-state index is 0.00280. The second kappa shape index (κ2) is 8.86. The van der Waals surface area contributed by atoms with Gasteiger partial charge in [-0.15, -0.1) is 0 Å². The van der Waals surface area contributed by atoms with Crippen LogP contribution in [0.15, 0.2) is 48.5 Å². The number of anilines is 1. The predicted octanol–water partition coefficient (Wildman–Crippen LogP) is 3.21. The molecule has 0 bridgehead atoms. The van der Waals surface area contributed by atoms with Gasteiger partial charge in [-0.2, -0.15) is 0 Å². The predicted molar refractivity (Wildman–Crippen MR) is 108 cm³/mol. The van der Waals surface area contributed by atoms with Crippen molar-refractivity contribution in [2.45, 2.75) is 38.8 Å². The van der Waals surface area contributed by atoms with Crippen molar-refractivity contribution in [3.63, 3.8) is 0 Å². The number of nitrogens with one attached hydrogen (secondary N) is 2. The van der Waals surface area contributed by atoms with Crippen LogP contribution < -0.4 is 10.6 Å². The normalized spacial score (nSPS) is 16.0. The number of hydrogen-bond donors (Lipinski definition) is 2. The molecule has 2 N–H and O–H groups in total. The second-order valence-electron chi connectivity index (χ2n) is 7.33. The zero-order valence-electron chi connectivity index (χ0n) is 16.4. The van der Waals surface area contributed by atoms with Crippen LogP contribution in [0.4, 0.5) is 10.1 Å². The van der Waals surface area contributed by atoms with Crippen LogP contribution in [-0.4, -0.2) is 41.2 Å². The summed E-state index contributed by atoms with van der Waals surface area (Å²) in [5.41, 5.74) is 0.668. The molecule has 0 aromatic heterocycles. The molecule has 1 fully saturated rings. The van der Waals surface area contributed by atoms with E-state index in [0.29, 0.717) is 24.2 Å². The van der Waals surface area contributed by atoms with Crippen molar-refractivity contribution in [2.75, 3.05) is 11.9 Å². The molecule has 3 rings (SSSR count). The highest BCUT2D eigenvalue weighted by molar-refractivity contribution is 6.05. The molecule has 7 heteroatoms. The van der Waals surface area contributed by atoms with Gasteiger partial charge in [0.05, 0.1) is 5.56 Å². The van der Waals surface area contributed by atoms with Crippen LogP contribution in [0.2, 0.25) is 0 Å². The Labute approximate surface area is 169 Å². The summed E-state index contributed by atoms with van der Waals surface area (Å²) >= 11 is 0. The molecule has 6 nitrogen and oxygen atoms in total. The van der Waals surface area contributed by atoms with Gasteiger partial charge in [-0.05, 0) is 57.0 Å². The lowest BCUT2D eigenvalue weighted by Gasteiger charge is -2.25. The fourth-order valence-corrected chi connectivity index (χ4v) is 3.40. The zero-order valence-corrected chi connectivity index (χ0v) is 16.4. The van der Waals surface area contributed by atoms with Crippen molar-refractivity contribution in [3.8, 4) is 0 Å². The molecule has 0 radical (unpaired) electrons. The molecular weight excluding hydrogens is 373 g/mol. The molecule has 0 spiro atoms. The Balaban J connectivity index is 1.75. The van der Waals surface area contributed by atoms with E-state index in [1.54, 1.807) is 29.2 Å². The van der Waals surface area contributed by atoms with Crippen molar-refractivity contribution in [1.29, 1.82) is 0 Å². The summed E-state index contributed by atoms with van der Waals surface area (Å²) in [6.07, 6.45) is 1.37. The molecule has 1 saturated heterocycles. The monoisotopic (exact) mass is 397 g/mol. The summed E-state index contributed by atoms with van der Waals surface area (Å²) in [4.78, 5) is 39.3. The zero-order chi connectivity index (χ0) is 21.0. The van der Waals surface area contributed by atoms with Crippen LogP contribution >= 0.6 is 0 Å². The summed E-state index contributed by atoms with van der Waals surface area (Å²) in [5.74, 6) is -1.64. The molecule has 1 aliphatic heterocycles. The van der Waals surface area contributed by atoms with Gasteiger partial charge in [-0.25, -0.2) is 4.39 Å². The van der Waals surface area contributed by atoms with E-state index in [1.165, 1.54) is 24.3 Å². The van der Waals surface area contributed by atoms with Gasteiger partial charge >= 0.3 is 0 Å². The van der Waals surface area contributed by atoms with Crippen molar-refractivity contribution in [1.82, 2.24) is 10.2 Å². The first-order valence-electron chi connectivity index (χ1n) is 9.64. The highest BCUT2D eigenvalue weighted by Gasteiger charge is 2.34. The lowest BCUT2D eigenvalue weighted by Crippen LogP contribution is -2.47. The average molecular weight is 397 g/mol. The number of nitrogens with zero attached hydrogens (tertiary/aromatic N) is 1. The van der Waals surface area contributed by atoms with Gasteiger partial charge in [0.15, 0.2) is 0 Å².